The van der Waals surface area contributed by atoms with E-state index in [2.05, 4.69) is 26.1 Å². The Morgan fingerprint density at radius 3 is 2.26 bits per heavy atom. The van der Waals surface area contributed by atoms with E-state index in [4.69, 9.17) is 0 Å². The van der Waals surface area contributed by atoms with Gasteiger partial charge in [0.25, 0.3) is 0 Å². The van der Waals surface area contributed by atoms with E-state index in [-0.39, 0.29) is 17.4 Å². The number of aryl methyl sites for hydroxylation is 2. The third-order valence-corrected chi connectivity index (χ3v) is 6.26. The molecule has 0 bridgehead atoms. The molecule has 3 N–H and O–H groups in total. The number of benzene rings is 3. The molecule has 0 aliphatic heterocycles. The number of urea groups is 1. The second-order valence-electron chi connectivity index (χ2n) is 8.02. The van der Waals surface area contributed by atoms with Gasteiger partial charge in [0, 0.05) is 17.7 Å². The maximum atomic E-state index is 13.2. The minimum absolute atomic E-state index is 0.282. The topological polar surface area (TPSA) is 96.0 Å². The van der Waals surface area contributed by atoms with Crippen LogP contribution in [-0.4, -0.2) is 28.2 Å². The fourth-order valence-electron chi connectivity index (χ4n) is 3.55. The summed E-state index contributed by atoms with van der Waals surface area (Å²) < 4.78 is 13.2. The summed E-state index contributed by atoms with van der Waals surface area (Å²) in [5.74, 6) is -0.770. The number of amides is 3. The van der Waals surface area contributed by atoms with Crippen LogP contribution in [0.1, 0.15) is 16.7 Å². The van der Waals surface area contributed by atoms with Crippen LogP contribution >= 0.6 is 11.3 Å². The average molecular weight is 490 g/mol. The first-order chi connectivity index (χ1) is 16.9. The Bertz CT molecular complexity index is 1310. The zero-order valence-electron chi connectivity index (χ0n) is 19.2. The molecule has 0 unspecified atom stereocenters. The van der Waals surface area contributed by atoms with Crippen LogP contribution in [0.25, 0.3) is 10.6 Å². The fourth-order valence-corrected chi connectivity index (χ4v) is 4.31. The predicted octanol–water partition coefficient (Wildman–Crippen LogP) is 5.33. The molecular weight excluding hydrogens is 465 g/mol. The van der Waals surface area contributed by atoms with Crippen molar-refractivity contribution >= 4 is 34.1 Å². The monoisotopic (exact) mass is 489 g/mol. The van der Waals surface area contributed by atoms with Crippen molar-refractivity contribution in [1.29, 1.82) is 0 Å². The summed E-state index contributed by atoms with van der Waals surface area (Å²) in [6, 6.07) is 19.7. The number of carbonyl (C=O) groups is 2. The number of rotatable bonds is 7. The first-order valence-electron chi connectivity index (χ1n) is 11.0. The summed E-state index contributed by atoms with van der Waals surface area (Å²) in [5.41, 5.74) is 4.13. The summed E-state index contributed by atoms with van der Waals surface area (Å²) in [6.45, 7) is 3.82. The van der Waals surface area contributed by atoms with E-state index in [1.807, 2.05) is 62.4 Å². The largest absolute Gasteiger partial charge is 0.326 e. The lowest BCUT2D eigenvalue weighted by Crippen LogP contribution is -2.47. The Morgan fingerprint density at radius 1 is 0.886 bits per heavy atom. The highest BCUT2D eigenvalue weighted by atomic mass is 32.1. The summed E-state index contributed by atoms with van der Waals surface area (Å²) in [7, 11) is 0. The Hall–Kier alpha value is -4.11. The van der Waals surface area contributed by atoms with Crippen LogP contribution < -0.4 is 16.0 Å². The molecule has 3 aromatic carbocycles. The minimum atomic E-state index is -0.861. The fraction of sp³-hybridized carbons (Fsp3) is 0.154. The molecule has 0 fully saturated rings. The SMILES string of the molecule is Cc1cccc(C)c1NC(=O)N[C@@H](Cc1ccccc1)C(=O)Nc1nnc(-c2ccc(F)cc2)s1. The molecule has 1 heterocycles. The molecule has 4 rings (SSSR count). The van der Waals surface area contributed by atoms with E-state index in [1.54, 1.807) is 12.1 Å². The van der Waals surface area contributed by atoms with Gasteiger partial charge in [-0.25, -0.2) is 9.18 Å². The van der Waals surface area contributed by atoms with Crippen molar-refractivity contribution in [2.75, 3.05) is 10.6 Å². The van der Waals surface area contributed by atoms with Gasteiger partial charge < -0.3 is 10.6 Å². The number of aromatic nitrogens is 2. The normalized spacial score (nSPS) is 11.5. The Balaban J connectivity index is 1.49. The third-order valence-electron chi connectivity index (χ3n) is 5.37. The molecule has 0 radical (unpaired) electrons. The number of para-hydroxylation sites is 1. The lowest BCUT2D eigenvalue weighted by Gasteiger charge is -2.19. The van der Waals surface area contributed by atoms with Crippen LogP contribution in [0.15, 0.2) is 72.8 Å². The highest BCUT2D eigenvalue weighted by Gasteiger charge is 2.23. The average Bonchev–Trinajstić information content (AvgIpc) is 3.30. The Morgan fingerprint density at radius 2 is 1.57 bits per heavy atom. The molecule has 3 amide bonds. The standard InChI is InChI=1S/C26H24FN5O2S/c1-16-7-6-8-17(2)22(16)29-25(34)28-21(15-18-9-4-3-5-10-18)23(33)30-26-32-31-24(35-26)19-11-13-20(27)14-12-19/h3-14,21H,15H2,1-2H3,(H2,28,29,34)(H,30,32,33)/t21-/m0/s1. The molecule has 0 saturated carbocycles. The lowest BCUT2D eigenvalue weighted by molar-refractivity contribution is -0.117. The molecule has 178 valence electrons. The predicted molar refractivity (Wildman–Crippen MR) is 136 cm³/mol. The van der Waals surface area contributed by atoms with Gasteiger partial charge in [0.1, 0.15) is 16.9 Å². The molecular formula is C26H24FN5O2S. The maximum absolute atomic E-state index is 13.2. The molecule has 0 saturated heterocycles. The summed E-state index contributed by atoms with van der Waals surface area (Å²) in [6.07, 6.45) is 0.288. The van der Waals surface area contributed by atoms with Gasteiger partial charge in [-0.2, -0.15) is 0 Å². The third kappa shape index (κ3) is 6.27. The molecule has 0 aliphatic rings. The number of hydrogen-bond acceptors (Lipinski definition) is 5. The first-order valence-corrected chi connectivity index (χ1v) is 11.8. The van der Waals surface area contributed by atoms with Gasteiger partial charge in [0.15, 0.2) is 0 Å². The van der Waals surface area contributed by atoms with Crippen LogP contribution in [0.3, 0.4) is 0 Å². The maximum Gasteiger partial charge on any atom is 0.319 e. The number of halogens is 1. The summed E-state index contributed by atoms with van der Waals surface area (Å²) in [5, 5.41) is 17.3. The minimum Gasteiger partial charge on any atom is -0.326 e. The zero-order chi connectivity index (χ0) is 24.8. The van der Waals surface area contributed by atoms with Crippen LogP contribution in [0.2, 0.25) is 0 Å². The van der Waals surface area contributed by atoms with Crippen molar-refractivity contribution < 1.29 is 14.0 Å². The number of nitrogens with one attached hydrogen (secondary N) is 3. The molecule has 0 spiro atoms. The van der Waals surface area contributed by atoms with Crippen LogP contribution in [0.5, 0.6) is 0 Å². The number of hydrogen-bond donors (Lipinski definition) is 3. The highest BCUT2D eigenvalue weighted by Crippen LogP contribution is 2.26. The molecule has 1 aromatic heterocycles. The smallest absolute Gasteiger partial charge is 0.319 e. The quantitative estimate of drug-likeness (QED) is 0.327. The summed E-state index contributed by atoms with van der Waals surface area (Å²) in [4.78, 5) is 26.0. The molecule has 1 atom stereocenters. The number of anilines is 2. The van der Waals surface area contributed by atoms with E-state index in [0.717, 1.165) is 28.0 Å². The van der Waals surface area contributed by atoms with Crippen molar-refractivity contribution in [3.63, 3.8) is 0 Å². The van der Waals surface area contributed by atoms with Gasteiger partial charge in [0.05, 0.1) is 0 Å². The van der Waals surface area contributed by atoms with Crippen molar-refractivity contribution in [3.8, 4) is 10.6 Å². The van der Waals surface area contributed by atoms with Gasteiger partial charge >= 0.3 is 6.03 Å². The summed E-state index contributed by atoms with van der Waals surface area (Å²) >= 11 is 1.16. The van der Waals surface area contributed by atoms with Crippen LogP contribution in [0, 0.1) is 19.7 Å². The van der Waals surface area contributed by atoms with E-state index in [0.29, 0.717) is 16.3 Å². The van der Waals surface area contributed by atoms with Gasteiger partial charge in [-0.05, 0) is 54.8 Å². The van der Waals surface area contributed by atoms with E-state index < -0.39 is 18.0 Å². The first kappa shape index (κ1) is 24.0. The van der Waals surface area contributed by atoms with Crippen LogP contribution in [0.4, 0.5) is 20.0 Å². The molecule has 9 heteroatoms. The molecule has 0 aliphatic carbocycles. The van der Waals surface area contributed by atoms with Gasteiger partial charge in [-0.1, -0.05) is 59.9 Å². The van der Waals surface area contributed by atoms with Crippen molar-refractivity contribution in [1.82, 2.24) is 15.5 Å². The van der Waals surface area contributed by atoms with Gasteiger partial charge in [0.2, 0.25) is 11.0 Å². The van der Waals surface area contributed by atoms with E-state index in [1.165, 1.54) is 12.1 Å². The van der Waals surface area contributed by atoms with Crippen molar-refractivity contribution in [2.45, 2.75) is 26.3 Å². The van der Waals surface area contributed by atoms with Gasteiger partial charge in [-0.3, -0.25) is 10.1 Å². The Labute approximate surface area is 206 Å². The second kappa shape index (κ2) is 10.9. The van der Waals surface area contributed by atoms with Crippen LogP contribution in [-0.2, 0) is 11.2 Å². The van der Waals surface area contributed by atoms with Crippen molar-refractivity contribution in [3.05, 3.63) is 95.3 Å². The molecule has 4 aromatic rings. The Kier molecular flexibility index (Phi) is 7.47. The second-order valence-corrected chi connectivity index (χ2v) is 8.99. The van der Waals surface area contributed by atoms with E-state index >= 15 is 0 Å². The lowest BCUT2D eigenvalue weighted by atomic mass is 10.1. The molecule has 7 nitrogen and oxygen atoms in total. The highest BCUT2D eigenvalue weighted by molar-refractivity contribution is 7.18. The van der Waals surface area contributed by atoms with Gasteiger partial charge in [-0.15, -0.1) is 10.2 Å². The number of nitrogens with zero attached hydrogens (tertiary/aromatic N) is 2. The number of carbonyl (C=O) groups excluding carboxylic acids is 2. The van der Waals surface area contributed by atoms with E-state index in [9.17, 15) is 14.0 Å². The molecule has 35 heavy (non-hydrogen) atoms. The zero-order valence-corrected chi connectivity index (χ0v) is 20.0. The van der Waals surface area contributed by atoms with Crippen molar-refractivity contribution in [2.24, 2.45) is 0 Å².